The molecule has 2 unspecified atom stereocenters. The summed E-state index contributed by atoms with van der Waals surface area (Å²) >= 11 is 0. The summed E-state index contributed by atoms with van der Waals surface area (Å²) in [5.74, 6) is 0.0216. The fourth-order valence-corrected chi connectivity index (χ4v) is 2.63. The quantitative estimate of drug-likeness (QED) is 0.894. The Hall–Kier alpha value is -2.13. The van der Waals surface area contributed by atoms with Crippen molar-refractivity contribution in [1.29, 1.82) is 0 Å². The van der Waals surface area contributed by atoms with Crippen molar-refractivity contribution in [2.24, 2.45) is 0 Å². The van der Waals surface area contributed by atoms with Gasteiger partial charge in [-0.25, -0.2) is 0 Å². The number of aryl methyl sites for hydroxylation is 1. The van der Waals surface area contributed by atoms with Gasteiger partial charge >= 0.3 is 0 Å². The molecule has 2 aromatic carbocycles. The summed E-state index contributed by atoms with van der Waals surface area (Å²) in [5.41, 5.74) is 4.30. The van der Waals surface area contributed by atoms with Crippen LogP contribution >= 0.6 is 0 Å². The van der Waals surface area contributed by atoms with Crippen molar-refractivity contribution in [3.05, 3.63) is 65.2 Å². The normalized spacial score (nSPS) is 18.5. The molecule has 20 heavy (non-hydrogen) atoms. The van der Waals surface area contributed by atoms with Gasteiger partial charge in [-0.2, -0.15) is 0 Å². The Morgan fingerprint density at radius 1 is 1.15 bits per heavy atom. The van der Waals surface area contributed by atoms with Crippen LogP contribution in [0.4, 0.5) is 5.69 Å². The lowest BCUT2D eigenvalue weighted by Crippen LogP contribution is -2.29. The van der Waals surface area contributed by atoms with Gasteiger partial charge < -0.3 is 5.32 Å². The van der Waals surface area contributed by atoms with E-state index in [9.17, 15) is 4.79 Å². The Morgan fingerprint density at radius 3 is 2.65 bits per heavy atom. The Morgan fingerprint density at radius 2 is 1.90 bits per heavy atom. The predicted octanol–water partition coefficient (Wildman–Crippen LogP) is 3.34. The third-order valence-electron chi connectivity index (χ3n) is 3.75. The summed E-state index contributed by atoms with van der Waals surface area (Å²) in [6, 6.07) is 16.1. The highest BCUT2D eigenvalue weighted by atomic mass is 16.2. The van der Waals surface area contributed by atoms with Gasteiger partial charge in [-0.05, 0) is 25.5 Å². The van der Waals surface area contributed by atoms with E-state index in [0.29, 0.717) is 0 Å². The number of nitrogens with one attached hydrogen (secondary N) is 2. The smallest absolute Gasteiger partial charge is 0.246 e. The van der Waals surface area contributed by atoms with Gasteiger partial charge in [0.2, 0.25) is 5.91 Å². The van der Waals surface area contributed by atoms with Crippen molar-refractivity contribution in [2.45, 2.75) is 25.9 Å². The van der Waals surface area contributed by atoms with Crippen LogP contribution < -0.4 is 10.6 Å². The molecule has 3 nitrogen and oxygen atoms in total. The summed E-state index contributed by atoms with van der Waals surface area (Å²) in [6.45, 7) is 4.12. The highest BCUT2D eigenvalue weighted by molar-refractivity contribution is 6.02. The van der Waals surface area contributed by atoms with Gasteiger partial charge in [0.25, 0.3) is 0 Å². The summed E-state index contributed by atoms with van der Waals surface area (Å²) < 4.78 is 0. The number of benzene rings is 2. The first-order valence-corrected chi connectivity index (χ1v) is 6.87. The van der Waals surface area contributed by atoms with Gasteiger partial charge in [0, 0.05) is 17.3 Å². The predicted molar refractivity (Wildman–Crippen MR) is 80.5 cm³/mol. The largest absolute Gasteiger partial charge is 0.324 e. The van der Waals surface area contributed by atoms with E-state index in [4.69, 9.17) is 0 Å². The van der Waals surface area contributed by atoms with E-state index in [1.807, 2.05) is 37.3 Å². The molecule has 0 bridgehead atoms. The number of hydrogen-bond acceptors (Lipinski definition) is 2. The molecule has 0 saturated heterocycles. The highest BCUT2D eigenvalue weighted by Crippen LogP contribution is 2.33. The van der Waals surface area contributed by atoms with Crippen LogP contribution in [0.5, 0.6) is 0 Å². The average molecular weight is 266 g/mol. The number of fused-ring (bicyclic) bond motifs is 1. The molecule has 0 spiro atoms. The summed E-state index contributed by atoms with van der Waals surface area (Å²) in [4.78, 5) is 12.1. The van der Waals surface area contributed by atoms with E-state index in [1.165, 1.54) is 11.1 Å². The maximum Gasteiger partial charge on any atom is 0.246 e. The Kier molecular flexibility index (Phi) is 3.28. The number of amides is 1. The summed E-state index contributed by atoms with van der Waals surface area (Å²) in [5, 5.41) is 6.35. The number of carbonyl (C=O) groups excluding carboxylic acids is 1. The molecule has 1 aliphatic rings. The van der Waals surface area contributed by atoms with Crippen molar-refractivity contribution in [2.75, 3.05) is 5.32 Å². The van der Waals surface area contributed by atoms with Gasteiger partial charge in [0.15, 0.2) is 0 Å². The number of carbonyl (C=O) groups is 1. The molecule has 2 aromatic rings. The highest BCUT2D eigenvalue weighted by Gasteiger charge is 2.31. The molecule has 0 aromatic heterocycles. The molecule has 3 rings (SSSR count). The molecule has 0 radical (unpaired) electrons. The maximum atomic E-state index is 12.1. The van der Waals surface area contributed by atoms with Crippen LogP contribution in [0.15, 0.2) is 48.5 Å². The molecular formula is C17H18N2O. The van der Waals surface area contributed by atoms with Gasteiger partial charge in [0.1, 0.15) is 6.04 Å². The molecule has 1 amide bonds. The minimum atomic E-state index is -0.278. The molecule has 102 valence electrons. The number of rotatable bonds is 3. The van der Waals surface area contributed by atoms with Crippen molar-refractivity contribution in [3.63, 3.8) is 0 Å². The SMILES string of the molecule is Cc1ccc2c(c1)C(NC(C)c1ccccc1)C(=O)N2. The van der Waals surface area contributed by atoms with Crippen LogP contribution in [-0.2, 0) is 4.79 Å². The zero-order chi connectivity index (χ0) is 14.1. The van der Waals surface area contributed by atoms with Crippen molar-refractivity contribution in [3.8, 4) is 0 Å². The third-order valence-corrected chi connectivity index (χ3v) is 3.75. The van der Waals surface area contributed by atoms with Crippen LogP contribution in [0.1, 0.15) is 35.7 Å². The van der Waals surface area contributed by atoms with Crippen LogP contribution in [-0.4, -0.2) is 5.91 Å². The van der Waals surface area contributed by atoms with Gasteiger partial charge in [-0.15, -0.1) is 0 Å². The van der Waals surface area contributed by atoms with E-state index < -0.39 is 0 Å². The third kappa shape index (κ3) is 2.32. The lowest BCUT2D eigenvalue weighted by atomic mass is 10.0. The van der Waals surface area contributed by atoms with E-state index in [0.717, 1.165) is 11.3 Å². The van der Waals surface area contributed by atoms with Crippen LogP contribution in [0.25, 0.3) is 0 Å². The second-order valence-corrected chi connectivity index (χ2v) is 5.31. The van der Waals surface area contributed by atoms with E-state index in [-0.39, 0.29) is 18.0 Å². The number of anilines is 1. The monoisotopic (exact) mass is 266 g/mol. The van der Waals surface area contributed by atoms with Gasteiger partial charge in [0.05, 0.1) is 0 Å². The van der Waals surface area contributed by atoms with Crippen LogP contribution in [0.2, 0.25) is 0 Å². The molecule has 1 heterocycles. The van der Waals surface area contributed by atoms with Gasteiger partial charge in [-0.1, -0.05) is 48.0 Å². The Balaban J connectivity index is 1.85. The fraction of sp³-hybridized carbons (Fsp3) is 0.235. The minimum absolute atomic E-state index is 0.0216. The van der Waals surface area contributed by atoms with Crippen LogP contribution in [0, 0.1) is 6.92 Å². The maximum absolute atomic E-state index is 12.1. The van der Waals surface area contributed by atoms with Crippen molar-refractivity contribution >= 4 is 11.6 Å². The van der Waals surface area contributed by atoms with Crippen molar-refractivity contribution in [1.82, 2.24) is 5.32 Å². The first-order valence-electron chi connectivity index (χ1n) is 6.87. The van der Waals surface area contributed by atoms with Gasteiger partial charge in [-0.3, -0.25) is 10.1 Å². The Labute approximate surface area is 119 Å². The topological polar surface area (TPSA) is 41.1 Å². The van der Waals surface area contributed by atoms with Crippen LogP contribution in [0.3, 0.4) is 0 Å². The molecule has 0 aliphatic carbocycles. The number of hydrogen-bond donors (Lipinski definition) is 2. The summed E-state index contributed by atoms with van der Waals surface area (Å²) in [7, 11) is 0. The minimum Gasteiger partial charge on any atom is -0.324 e. The molecule has 2 atom stereocenters. The molecule has 3 heteroatoms. The first kappa shape index (κ1) is 12.9. The molecule has 1 aliphatic heterocycles. The zero-order valence-electron chi connectivity index (χ0n) is 11.7. The molecule has 0 saturated carbocycles. The second kappa shape index (κ2) is 5.10. The lowest BCUT2D eigenvalue weighted by molar-refractivity contribution is -0.117. The Bertz CT molecular complexity index is 637. The molecule has 0 fully saturated rings. The zero-order valence-corrected chi connectivity index (χ0v) is 11.7. The van der Waals surface area contributed by atoms with Crippen molar-refractivity contribution < 1.29 is 4.79 Å². The van der Waals surface area contributed by atoms with E-state index in [1.54, 1.807) is 0 Å². The summed E-state index contributed by atoms with van der Waals surface area (Å²) in [6.07, 6.45) is 0. The molecular weight excluding hydrogens is 248 g/mol. The fourth-order valence-electron chi connectivity index (χ4n) is 2.63. The average Bonchev–Trinajstić information content (AvgIpc) is 2.76. The van der Waals surface area contributed by atoms with E-state index in [2.05, 4.69) is 35.8 Å². The van der Waals surface area contributed by atoms with E-state index >= 15 is 0 Å². The molecule has 2 N–H and O–H groups in total. The lowest BCUT2D eigenvalue weighted by Gasteiger charge is -2.19. The standard InChI is InChI=1S/C17H18N2O/c1-11-8-9-15-14(10-11)16(17(20)19-15)18-12(2)13-6-4-3-5-7-13/h3-10,12,16,18H,1-2H3,(H,19,20). The second-order valence-electron chi connectivity index (χ2n) is 5.31. The first-order chi connectivity index (χ1) is 9.65.